The molecule has 0 unspecified atom stereocenters. The van der Waals surface area contributed by atoms with E-state index in [9.17, 15) is 9.59 Å². The van der Waals surface area contributed by atoms with Gasteiger partial charge in [0, 0.05) is 20.2 Å². The summed E-state index contributed by atoms with van der Waals surface area (Å²) in [7, 11) is 4.68. The highest BCUT2D eigenvalue weighted by Crippen LogP contribution is 2.29. The van der Waals surface area contributed by atoms with Crippen molar-refractivity contribution in [2.45, 2.75) is 26.4 Å². The molecule has 0 fully saturated rings. The summed E-state index contributed by atoms with van der Waals surface area (Å²) in [5.74, 6) is 2.43. The Morgan fingerprint density at radius 2 is 1.96 bits per heavy atom. The van der Waals surface area contributed by atoms with Gasteiger partial charge < -0.3 is 14.4 Å². The summed E-state index contributed by atoms with van der Waals surface area (Å²) >= 11 is 0. The molecular weight excluding hydrogens is 310 g/mol. The van der Waals surface area contributed by atoms with Gasteiger partial charge in [-0.2, -0.15) is 0 Å². The van der Waals surface area contributed by atoms with Crippen molar-refractivity contribution in [2.24, 2.45) is 0 Å². The standard InChI is InChI=1S/C17H23N3O4/c1-8-9-20(16(22)24-17(2,3)4)13-11-18-12(10-14(13)23-7)15(21)19(5)6/h1,10-11H,9H2,2-7H3. The maximum Gasteiger partial charge on any atom is 0.415 e. The molecule has 24 heavy (non-hydrogen) atoms. The second kappa shape index (κ2) is 7.68. The molecule has 0 saturated heterocycles. The highest BCUT2D eigenvalue weighted by Gasteiger charge is 2.26. The number of hydrogen-bond acceptors (Lipinski definition) is 5. The van der Waals surface area contributed by atoms with Gasteiger partial charge in [-0.15, -0.1) is 6.42 Å². The maximum absolute atomic E-state index is 12.4. The summed E-state index contributed by atoms with van der Waals surface area (Å²) in [6.07, 6.45) is 6.11. The second-order valence-corrected chi connectivity index (χ2v) is 6.21. The molecule has 0 N–H and O–H groups in total. The van der Waals surface area contributed by atoms with Crippen molar-refractivity contribution in [3.05, 3.63) is 18.0 Å². The van der Waals surface area contributed by atoms with Gasteiger partial charge in [0.2, 0.25) is 0 Å². The molecule has 0 bridgehead atoms. The fraction of sp³-hybridized carbons (Fsp3) is 0.471. The van der Waals surface area contributed by atoms with Crippen LogP contribution in [-0.4, -0.2) is 55.2 Å². The molecule has 1 aromatic rings. The molecule has 0 aliphatic carbocycles. The number of amides is 2. The quantitative estimate of drug-likeness (QED) is 0.790. The zero-order valence-corrected chi connectivity index (χ0v) is 14.9. The van der Waals surface area contributed by atoms with Crippen LogP contribution in [0.15, 0.2) is 12.3 Å². The van der Waals surface area contributed by atoms with Gasteiger partial charge in [-0.1, -0.05) is 5.92 Å². The van der Waals surface area contributed by atoms with E-state index in [-0.39, 0.29) is 18.1 Å². The second-order valence-electron chi connectivity index (χ2n) is 6.21. The minimum Gasteiger partial charge on any atom is -0.494 e. The summed E-state index contributed by atoms with van der Waals surface area (Å²) in [6, 6.07) is 1.46. The van der Waals surface area contributed by atoms with E-state index in [1.165, 1.54) is 29.2 Å². The molecule has 0 aliphatic heterocycles. The lowest BCUT2D eigenvalue weighted by Gasteiger charge is -2.27. The Kier molecular flexibility index (Phi) is 6.18. The van der Waals surface area contributed by atoms with Crippen LogP contribution in [0.5, 0.6) is 5.75 Å². The Labute approximate surface area is 142 Å². The third-order valence-corrected chi connectivity index (χ3v) is 2.85. The molecule has 7 heteroatoms. The van der Waals surface area contributed by atoms with E-state index in [4.69, 9.17) is 15.9 Å². The molecule has 2 amide bonds. The van der Waals surface area contributed by atoms with Gasteiger partial charge in [0.05, 0.1) is 19.9 Å². The van der Waals surface area contributed by atoms with Crippen LogP contribution in [0.25, 0.3) is 0 Å². The summed E-state index contributed by atoms with van der Waals surface area (Å²) in [4.78, 5) is 31.1. The first-order chi connectivity index (χ1) is 11.1. The number of carbonyl (C=O) groups is 2. The SMILES string of the molecule is C#CCN(C(=O)OC(C)(C)C)c1cnc(C(=O)N(C)C)cc1OC. The van der Waals surface area contributed by atoms with Crippen molar-refractivity contribution in [1.29, 1.82) is 0 Å². The van der Waals surface area contributed by atoms with E-state index in [1.54, 1.807) is 34.9 Å². The molecule has 7 nitrogen and oxygen atoms in total. The lowest BCUT2D eigenvalue weighted by Crippen LogP contribution is -2.37. The smallest absolute Gasteiger partial charge is 0.415 e. The van der Waals surface area contributed by atoms with Crippen molar-refractivity contribution in [1.82, 2.24) is 9.88 Å². The Balaban J connectivity index is 3.26. The highest BCUT2D eigenvalue weighted by molar-refractivity contribution is 5.95. The van der Waals surface area contributed by atoms with E-state index in [1.807, 2.05) is 0 Å². The van der Waals surface area contributed by atoms with E-state index in [0.29, 0.717) is 11.4 Å². The van der Waals surface area contributed by atoms with E-state index >= 15 is 0 Å². The van der Waals surface area contributed by atoms with E-state index in [0.717, 1.165) is 0 Å². The van der Waals surface area contributed by atoms with Crippen molar-refractivity contribution < 1.29 is 19.1 Å². The third-order valence-electron chi connectivity index (χ3n) is 2.85. The zero-order chi connectivity index (χ0) is 18.5. The lowest BCUT2D eigenvalue weighted by atomic mass is 10.2. The fourth-order valence-corrected chi connectivity index (χ4v) is 1.80. The van der Waals surface area contributed by atoms with Gasteiger partial charge in [0.15, 0.2) is 0 Å². The average molecular weight is 333 g/mol. The lowest BCUT2D eigenvalue weighted by molar-refractivity contribution is 0.0584. The number of nitrogens with zero attached hydrogens (tertiary/aromatic N) is 3. The molecule has 0 saturated carbocycles. The molecule has 1 rings (SSSR count). The van der Waals surface area contributed by atoms with Crippen LogP contribution in [0.1, 0.15) is 31.3 Å². The third kappa shape index (κ3) is 4.88. The highest BCUT2D eigenvalue weighted by atomic mass is 16.6. The number of carbonyl (C=O) groups excluding carboxylic acids is 2. The number of methoxy groups -OCH3 is 1. The van der Waals surface area contributed by atoms with Crippen LogP contribution < -0.4 is 9.64 Å². The first-order valence-electron chi connectivity index (χ1n) is 7.30. The minimum atomic E-state index is -0.675. The van der Waals surface area contributed by atoms with Crippen molar-refractivity contribution in [3.63, 3.8) is 0 Å². The van der Waals surface area contributed by atoms with Crippen LogP contribution in [0.2, 0.25) is 0 Å². The molecular formula is C17H23N3O4. The number of terminal acetylenes is 1. The van der Waals surface area contributed by atoms with Gasteiger partial charge >= 0.3 is 6.09 Å². The monoisotopic (exact) mass is 333 g/mol. The molecule has 0 spiro atoms. The van der Waals surface area contributed by atoms with Crippen LogP contribution in [0.4, 0.5) is 10.5 Å². The average Bonchev–Trinajstić information content (AvgIpc) is 2.49. The van der Waals surface area contributed by atoms with Crippen LogP contribution >= 0.6 is 0 Å². The predicted octanol–water partition coefficient (Wildman–Crippen LogP) is 2.17. The topological polar surface area (TPSA) is 72.0 Å². The van der Waals surface area contributed by atoms with Gasteiger partial charge in [-0.25, -0.2) is 9.78 Å². The summed E-state index contributed by atoms with van der Waals surface area (Å²) < 4.78 is 10.6. The minimum absolute atomic E-state index is 0.0199. The number of aromatic nitrogens is 1. The number of pyridine rings is 1. The maximum atomic E-state index is 12.4. The summed E-state index contributed by atoms with van der Waals surface area (Å²) in [5, 5.41) is 0. The van der Waals surface area contributed by atoms with Gasteiger partial charge in [0.25, 0.3) is 5.91 Å². The van der Waals surface area contributed by atoms with Crippen LogP contribution in [-0.2, 0) is 4.74 Å². The van der Waals surface area contributed by atoms with Crippen LogP contribution in [0.3, 0.4) is 0 Å². The molecule has 1 aromatic heterocycles. The largest absolute Gasteiger partial charge is 0.494 e. The first-order valence-corrected chi connectivity index (χ1v) is 7.30. The van der Waals surface area contributed by atoms with E-state index in [2.05, 4.69) is 10.9 Å². The van der Waals surface area contributed by atoms with Crippen molar-refractivity contribution >= 4 is 17.7 Å². The van der Waals surface area contributed by atoms with Crippen molar-refractivity contribution in [2.75, 3.05) is 32.6 Å². The fourth-order valence-electron chi connectivity index (χ4n) is 1.80. The molecule has 130 valence electrons. The number of rotatable bonds is 4. The van der Waals surface area contributed by atoms with Crippen molar-refractivity contribution in [3.8, 4) is 18.1 Å². The molecule has 0 radical (unpaired) electrons. The summed E-state index contributed by atoms with van der Waals surface area (Å²) in [6.45, 7) is 5.25. The number of anilines is 1. The molecule has 0 aromatic carbocycles. The Bertz CT molecular complexity index is 657. The molecule has 0 atom stereocenters. The molecule has 0 aliphatic rings. The first kappa shape index (κ1) is 19.3. The summed E-state index contributed by atoms with van der Waals surface area (Å²) in [5.41, 5.74) is -0.142. The van der Waals surface area contributed by atoms with Gasteiger partial charge in [-0.05, 0) is 20.8 Å². The van der Waals surface area contributed by atoms with Gasteiger partial charge in [0.1, 0.15) is 22.7 Å². The Morgan fingerprint density at radius 3 is 2.42 bits per heavy atom. The van der Waals surface area contributed by atoms with Gasteiger partial charge in [-0.3, -0.25) is 9.69 Å². The number of hydrogen-bond donors (Lipinski definition) is 0. The Hall–Kier alpha value is -2.75. The van der Waals surface area contributed by atoms with E-state index < -0.39 is 11.7 Å². The number of ether oxygens (including phenoxy) is 2. The normalized spacial score (nSPS) is 10.5. The molecule has 1 heterocycles. The zero-order valence-electron chi connectivity index (χ0n) is 14.9. The van der Waals surface area contributed by atoms with Crippen LogP contribution in [0, 0.1) is 12.3 Å². The Morgan fingerprint density at radius 1 is 1.33 bits per heavy atom. The predicted molar refractivity (Wildman–Crippen MR) is 91.2 cm³/mol.